The summed E-state index contributed by atoms with van der Waals surface area (Å²) in [6.45, 7) is 4.23. The molecule has 2 N–H and O–H groups in total. The first-order chi connectivity index (χ1) is 15.4. The minimum Gasteiger partial charge on any atom is -0.507 e. The van der Waals surface area contributed by atoms with Gasteiger partial charge in [0.15, 0.2) is 11.0 Å². The Bertz CT molecular complexity index is 1160. The van der Waals surface area contributed by atoms with Crippen LogP contribution in [-0.2, 0) is 0 Å². The molecule has 3 rings (SSSR count). The highest BCUT2D eigenvalue weighted by Crippen LogP contribution is 2.30. The molecule has 0 fully saturated rings. The van der Waals surface area contributed by atoms with Crippen LogP contribution in [0.3, 0.4) is 0 Å². The molecule has 9 heteroatoms. The number of anilines is 1. The lowest BCUT2D eigenvalue weighted by atomic mass is 10.1. The Morgan fingerprint density at radius 1 is 1.25 bits per heavy atom. The van der Waals surface area contributed by atoms with E-state index in [-0.39, 0.29) is 17.1 Å². The van der Waals surface area contributed by atoms with Crippen LogP contribution in [-0.4, -0.2) is 34.2 Å². The average molecular weight is 468 g/mol. The average Bonchev–Trinajstić information content (AvgIpc) is 2.79. The predicted octanol–water partition coefficient (Wildman–Crippen LogP) is 5.58. The molecule has 32 heavy (non-hydrogen) atoms. The number of phenolic OH excluding ortho intramolecular Hbond substituents is 1. The maximum Gasteiger partial charge on any atom is 0.190 e. The summed E-state index contributed by atoms with van der Waals surface area (Å²) in [4.78, 5) is 9.13. The summed E-state index contributed by atoms with van der Waals surface area (Å²) >= 11 is 7.49. The lowest BCUT2D eigenvalue weighted by Crippen LogP contribution is -2.04. The second-order valence-electron chi connectivity index (χ2n) is 7.20. The van der Waals surface area contributed by atoms with Crippen LogP contribution in [0.15, 0.2) is 52.7 Å². The Balaban J connectivity index is 2.00. The maximum atomic E-state index is 9.97. The molecule has 1 aromatic heterocycles. The Kier molecular flexibility index (Phi) is 7.92. The number of aromatic hydroxyl groups is 1. The van der Waals surface area contributed by atoms with Crippen LogP contribution >= 0.6 is 23.4 Å². The van der Waals surface area contributed by atoms with E-state index >= 15 is 0 Å². The molecule has 0 amide bonds. The highest BCUT2D eigenvalue weighted by Gasteiger charge is 2.17. The van der Waals surface area contributed by atoms with Crippen molar-refractivity contribution in [3.8, 4) is 28.8 Å². The molecule has 2 aromatic carbocycles. The fourth-order valence-corrected chi connectivity index (χ4v) is 3.66. The van der Waals surface area contributed by atoms with Crippen molar-refractivity contribution < 1.29 is 9.84 Å². The summed E-state index contributed by atoms with van der Waals surface area (Å²) in [5.41, 5.74) is 4.78. The molecule has 0 bridgehead atoms. The zero-order valence-corrected chi connectivity index (χ0v) is 19.4. The number of hydrogen-bond acceptors (Lipinski definition) is 8. The summed E-state index contributed by atoms with van der Waals surface area (Å²) in [6, 6.07) is 14.1. The SMILES string of the molecule is COc1ccc(-c2nc(SCC(C)C)nc(N/N=C/c3cc(Cl)ccc3O)c2C#N)cc1. The van der Waals surface area contributed by atoms with Gasteiger partial charge in [-0.05, 0) is 48.4 Å². The van der Waals surface area contributed by atoms with Gasteiger partial charge in [-0.2, -0.15) is 10.4 Å². The van der Waals surface area contributed by atoms with Crippen molar-refractivity contribution in [3.63, 3.8) is 0 Å². The Labute approximate surface area is 196 Å². The van der Waals surface area contributed by atoms with E-state index in [1.54, 1.807) is 19.2 Å². The minimum atomic E-state index is 0.0373. The molecule has 0 aliphatic rings. The molecule has 0 saturated heterocycles. The number of phenols is 1. The zero-order valence-electron chi connectivity index (χ0n) is 17.8. The van der Waals surface area contributed by atoms with E-state index in [4.69, 9.17) is 16.3 Å². The first-order valence-corrected chi connectivity index (χ1v) is 11.1. The second-order valence-corrected chi connectivity index (χ2v) is 8.62. The summed E-state index contributed by atoms with van der Waals surface area (Å²) in [6.07, 6.45) is 1.42. The van der Waals surface area contributed by atoms with E-state index < -0.39 is 0 Å². The van der Waals surface area contributed by atoms with Crippen LogP contribution in [0.2, 0.25) is 5.02 Å². The van der Waals surface area contributed by atoms with Gasteiger partial charge in [0.25, 0.3) is 0 Å². The fourth-order valence-electron chi connectivity index (χ4n) is 2.68. The van der Waals surface area contributed by atoms with Gasteiger partial charge in [0.05, 0.1) is 19.0 Å². The predicted molar refractivity (Wildman–Crippen MR) is 129 cm³/mol. The second kappa shape index (κ2) is 10.8. The summed E-state index contributed by atoms with van der Waals surface area (Å²) in [7, 11) is 1.60. The third-order valence-corrected chi connectivity index (χ3v) is 5.78. The van der Waals surface area contributed by atoms with Gasteiger partial charge < -0.3 is 9.84 Å². The van der Waals surface area contributed by atoms with E-state index in [0.717, 1.165) is 11.3 Å². The third kappa shape index (κ3) is 5.90. The largest absolute Gasteiger partial charge is 0.507 e. The quantitative estimate of drug-likeness (QED) is 0.193. The van der Waals surface area contributed by atoms with Crippen molar-refractivity contribution >= 4 is 35.4 Å². The van der Waals surface area contributed by atoms with Gasteiger partial charge in [-0.3, -0.25) is 5.43 Å². The van der Waals surface area contributed by atoms with Gasteiger partial charge in [-0.25, -0.2) is 9.97 Å². The summed E-state index contributed by atoms with van der Waals surface area (Å²) < 4.78 is 5.22. The molecule has 0 radical (unpaired) electrons. The van der Waals surface area contributed by atoms with Crippen LogP contribution < -0.4 is 10.2 Å². The number of benzene rings is 2. The minimum absolute atomic E-state index is 0.0373. The van der Waals surface area contributed by atoms with E-state index in [0.29, 0.717) is 33.1 Å². The van der Waals surface area contributed by atoms with Crippen molar-refractivity contribution in [3.05, 3.63) is 58.6 Å². The molecule has 3 aromatic rings. The normalized spacial score (nSPS) is 11.0. The standard InChI is InChI=1S/C23H22ClN5O2S/c1-14(2)13-32-23-27-21(15-4-7-18(31-3)8-5-15)19(11-25)22(28-23)29-26-12-16-10-17(24)6-9-20(16)30/h4-10,12,14,30H,13H2,1-3H3,(H,27,28,29)/b26-12+. The van der Waals surface area contributed by atoms with Gasteiger partial charge in [0.1, 0.15) is 23.1 Å². The van der Waals surface area contributed by atoms with Crippen LogP contribution in [0.4, 0.5) is 5.82 Å². The fraction of sp³-hybridized carbons (Fsp3) is 0.217. The van der Waals surface area contributed by atoms with Crippen molar-refractivity contribution in [2.24, 2.45) is 11.0 Å². The van der Waals surface area contributed by atoms with Gasteiger partial charge >= 0.3 is 0 Å². The number of halogens is 1. The Hall–Kier alpha value is -3.28. The summed E-state index contributed by atoms with van der Waals surface area (Å²) in [5.74, 6) is 2.30. The molecule has 0 unspecified atom stereocenters. The van der Waals surface area contributed by atoms with E-state index in [9.17, 15) is 10.4 Å². The number of aromatic nitrogens is 2. The van der Waals surface area contributed by atoms with Crippen molar-refractivity contribution in [2.75, 3.05) is 18.3 Å². The Morgan fingerprint density at radius 3 is 2.66 bits per heavy atom. The maximum absolute atomic E-state index is 9.97. The van der Waals surface area contributed by atoms with Crippen molar-refractivity contribution in [2.45, 2.75) is 19.0 Å². The number of ether oxygens (including phenoxy) is 1. The molecule has 164 valence electrons. The lowest BCUT2D eigenvalue weighted by Gasteiger charge is -2.12. The molecule has 0 aliphatic carbocycles. The number of hydrogen-bond donors (Lipinski definition) is 2. The van der Waals surface area contributed by atoms with Crippen LogP contribution in [0, 0.1) is 17.2 Å². The first kappa shape index (κ1) is 23.4. The molecular formula is C23H22ClN5O2S. The van der Waals surface area contributed by atoms with Gasteiger partial charge in [-0.15, -0.1) is 0 Å². The van der Waals surface area contributed by atoms with Gasteiger partial charge in [0, 0.05) is 21.9 Å². The van der Waals surface area contributed by atoms with Gasteiger partial charge in [0.2, 0.25) is 0 Å². The van der Waals surface area contributed by atoms with Crippen molar-refractivity contribution in [1.82, 2.24) is 9.97 Å². The molecule has 0 spiro atoms. The van der Waals surface area contributed by atoms with Crippen molar-refractivity contribution in [1.29, 1.82) is 5.26 Å². The monoisotopic (exact) mass is 467 g/mol. The highest BCUT2D eigenvalue weighted by atomic mass is 35.5. The van der Waals surface area contributed by atoms with Crippen LogP contribution in [0.1, 0.15) is 25.0 Å². The lowest BCUT2D eigenvalue weighted by molar-refractivity contribution is 0.415. The highest BCUT2D eigenvalue weighted by molar-refractivity contribution is 7.99. The van der Waals surface area contributed by atoms with Crippen LogP contribution in [0.25, 0.3) is 11.3 Å². The molecule has 1 heterocycles. The number of rotatable bonds is 8. The Morgan fingerprint density at radius 2 is 2.00 bits per heavy atom. The molecule has 7 nitrogen and oxygen atoms in total. The molecular weight excluding hydrogens is 446 g/mol. The van der Waals surface area contributed by atoms with E-state index in [1.807, 2.05) is 24.3 Å². The van der Waals surface area contributed by atoms with E-state index in [1.165, 1.54) is 24.0 Å². The smallest absolute Gasteiger partial charge is 0.190 e. The summed E-state index contributed by atoms with van der Waals surface area (Å²) in [5, 5.41) is 25.0. The number of nitrogens with one attached hydrogen (secondary N) is 1. The number of nitriles is 1. The third-order valence-electron chi connectivity index (χ3n) is 4.27. The number of thioether (sulfide) groups is 1. The number of nitrogens with zero attached hydrogens (tertiary/aromatic N) is 4. The van der Waals surface area contributed by atoms with E-state index in [2.05, 4.69) is 40.4 Å². The zero-order chi connectivity index (χ0) is 23.1. The molecule has 0 atom stereocenters. The number of hydrazone groups is 1. The first-order valence-electron chi connectivity index (χ1n) is 9.78. The topological polar surface area (TPSA) is 103 Å². The van der Waals surface area contributed by atoms with Crippen LogP contribution in [0.5, 0.6) is 11.5 Å². The van der Waals surface area contributed by atoms with Gasteiger partial charge in [-0.1, -0.05) is 37.2 Å². The molecule has 0 saturated carbocycles. The molecule has 0 aliphatic heterocycles. The number of methoxy groups -OCH3 is 1.